The summed E-state index contributed by atoms with van der Waals surface area (Å²) >= 11 is 1.20. The van der Waals surface area contributed by atoms with E-state index in [1.165, 1.54) is 22.1 Å². The second-order valence-corrected chi connectivity index (χ2v) is 5.77. The second kappa shape index (κ2) is 8.97. The fraction of sp³-hybridized carbons (Fsp3) is 0.375. The average Bonchev–Trinajstić information content (AvgIpc) is 2.98. The standard InChI is InChI=1S/C16H19N3O5S/c1-3-23-12-6-5-7-19(15(12)22)9-13(20)18-16-17-11(10-25-16)8-14(21)24-4-2/h5-7,10H,3-4,8-9H2,1-2H3,(H,17,18,20). The molecular formula is C16H19N3O5S. The average molecular weight is 365 g/mol. The first-order valence-electron chi connectivity index (χ1n) is 7.75. The topological polar surface area (TPSA) is 99.5 Å². The molecule has 25 heavy (non-hydrogen) atoms. The van der Waals surface area contributed by atoms with Crippen LogP contribution in [0.4, 0.5) is 5.13 Å². The normalized spacial score (nSPS) is 10.3. The zero-order valence-electron chi connectivity index (χ0n) is 14.0. The highest BCUT2D eigenvalue weighted by atomic mass is 32.1. The van der Waals surface area contributed by atoms with Crippen molar-refractivity contribution in [1.29, 1.82) is 0 Å². The van der Waals surface area contributed by atoms with Gasteiger partial charge in [0.25, 0.3) is 5.56 Å². The van der Waals surface area contributed by atoms with Crippen LogP contribution in [-0.4, -0.2) is 34.6 Å². The molecule has 0 atom stereocenters. The maximum atomic E-state index is 12.1. The predicted octanol–water partition coefficient (Wildman–Crippen LogP) is 1.45. The molecule has 0 saturated carbocycles. The van der Waals surface area contributed by atoms with Gasteiger partial charge >= 0.3 is 5.97 Å². The van der Waals surface area contributed by atoms with Crippen LogP contribution in [-0.2, 0) is 27.3 Å². The maximum Gasteiger partial charge on any atom is 0.311 e. The van der Waals surface area contributed by atoms with Crippen LogP contribution in [0.25, 0.3) is 0 Å². The van der Waals surface area contributed by atoms with Gasteiger partial charge in [0, 0.05) is 11.6 Å². The van der Waals surface area contributed by atoms with Crippen molar-refractivity contribution in [2.24, 2.45) is 0 Å². The summed E-state index contributed by atoms with van der Waals surface area (Å²) in [7, 11) is 0. The molecule has 0 unspecified atom stereocenters. The van der Waals surface area contributed by atoms with E-state index in [0.29, 0.717) is 24.0 Å². The molecule has 0 aromatic carbocycles. The van der Waals surface area contributed by atoms with Gasteiger partial charge < -0.3 is 19.4 Å². The lowest BCUT2D eigenvalue weighted by Crippen LogP contribution is -2.28. The van der Waals surface area contributed by atoms with E-state index in [9.17, 15) is 14.4 Å². The zero-order chi connectivity index (χ0) is 18.2. The minimum Gasteiger partial charge on any atom is -0.488 e. The molecule has 0 bridgehead atoms. The Morgan fingerprint density at radius 3 is 2.84 bits per heavy atom. The number of anilines is 1. The van der Waals surface area contributed by atoms with Crippen LogP contribution in [0.15, 0.2) is 28.5 Å². The Bertz CT molecular complexity index is 799. The third kappa shape index (κ3) is 5.42. The third-order valence-corrected chi connectivity index (χ3v) is 3.83. The molecule has 0 aliphatic heterocycles. The Morgan fingerprint density at radius 2 is 2.12 bits per heavy atom. The van der Waals surface area contributed by atoms with E-state index in [1.54, 1.807) is 31.4 Å². The lowest BCUT2D eigenvalue weighted by molar-refractivity contribution is -0.142. The van der Waals surface area contributed by atoms with Gasteiger partial charge in [0.2, 0.25) is 5.91 Å². The van der Waals surface area contributed by atoms with Crippen molar-refractivity contribution in [3.63, 3.8) is 0 Å². The first-order chi connectivity index (χ1) is 12.0. The summed E-state index contributed by atoms with van der Waals surface area (Å²) < 4.78 is 11.3. The Morgan fingerprint density at radius 1 is 1.32 bits per heavy atom. The summed E-state index contributed by atoms with van der Waals surface area (Å²) in [4.78, 5) is 39.8. The summed E-state index contributed by atoms with van der Waals surface area (Å²) in [5, 5.41) is 4.65. The molecular weight excluding hydrogens is 346 g/mol. The van der Waals surface area contributed by atoms with Crippen LogP contribution in [0.3, 0.4) is 0 Å². The zero-order valence-corrected chi connectivity index (χ0v) is 14.8. The van der Waals surface area contributed by atoms with Crippen molar-refractivity contribution in [1.82, 2.24) is 9.55 Å². The monoisotopic (exact) mass is 365 g/mol. The highest BCUT2D eigenvalue weighted by Gasteiger charge is 2.12. The molecule has 1 N–H and O–H groups in total. The summed E-state index contributed by atoms with van der Waals surface area (Å²) in [5.41, 5.74) is 0.149. The number of amides is 1. The van der Waals surface area contributed by atoms with Gasteiger partial charge in [-0.05, 0) is 26.0 Å². The first kappa shape index (κ1) is 18.7. The number of ether oxygens (including phenoxy) is 2. The number of nitrogens with zero attached hydrogens (tertiary/aromatic N) is 2. The van der Waals surface area contributed by atoms with E-state index in [-0.39, 0.29) is 30.2 Å². The van der Waals surface area contributed by atoms with Crippen LogP contribution in [0.5, 0.6) is 5.75 Å². The molecule has 2 rings (SSSR count). The van der Waals surface area contributed by atoms with Crippen LogP contribution in [0.1, 0.15) is 19.5 Å². The van der Waals surface area contributed by atoms with Crippen molar-refractivity contribution >= 4 is 28.3 Å². The fourth-order valence-corrected chi connectivity index (χ4v) is 2.75. The Kier molecular flexibility index (Phi) is 6.70. The number of nitrogens with one attached hydrogen (secondary N) is 1. The molecule has 0 aliphatic rings. The van der Waals surface area contributed by atoms with E-state index in [2.05, 4.69) is 10.3 Å². The molecule has 9 heteroatoms. The summed E-state index contributed by atoms with van der Waals surface area (Å²) in [6.45, 7) is 4.02. The molecule has 2 aromatic heterocycles. The molecule has 1 amide bonds. The molecule has 0 fully saturated rings. The number of carbonyl (C=O) groups is 2. The molecule has 0 aliphatic carbocycles. The van der Waals surface area contributed by atoms with E-state index >= 15 is 0 Å². The van der Waals surface area contributed by atoms with Crippen molar-refractivity contribution < 1.29 is 19.1 Å². The van der Waals surface area contributed by atoms with Crippen LogP contribution in [0, 0.1) is 0 Å². The molecule has 0 spiro atoms. The van der Waals surface area contributed by atoms with Gasteiger partial charge in [0.05, 0.1) is 25.3 Å². The van der Waals surface area contributed by atoms with Crippen molar-refractivity contribution in [3.05, 3.63) is 39.8 Å². The van der Waals surface area contributed by atoms with Gasteiger partial charge in [-0.25, -0.2) is 4.98 Å². The lowest BCUT2D eigenvalue weighted by Gasteiger charge is -2.08. The number of thiazole rings is 1. The highest BCUT2D eigenvalue weighted by Crippen LogP contribution is 2.16. The molecule has 2 aromatic rings. The van der Waals surface area contributed by atoms with Gasteiger partial charge in [0.15, 0.2) is 10.9 Å². The number of hydrogen-bond donors (Lipinski definition) is 1. The number of rotatable bonds is 8. The summed E-state index contributed by atoms with van der Waals surface area (Å²) in [5.74, 6) is -0.568. The molecule has 2 heterocycles. The molecule has 134 valence electrons. The van der Waals surface area contributed by atoms with Gasteiger partial charge in [-0.15, -0.1) is 11.3 Å². The quantitative estimate of drug-likeness (QED) is 0.711. The van der Waals surface area contributed by atoms with E-state index in [0.717, 1.165) is 0 Å². The SMILES string of the molecule is CCOC(=O)Cc1csc(NC(=O)Cn2cccc(OCC)c2=O)n1. The van der Waals surface area contributed by atoms with Crippen molar-refractivity contribution in [2.45, 2.75) is 26.8 Å². The molecule has 0 radical (unpaired) electrons. The number of esters is 1. The number of pyridine rings is 1. The highest BCUT2D eigenvalue weighted by molar-refractivity contribution is 7.13. The second-order valence-electron chi connectivity index (χ2n) is 4.91. The number of hydrogen-bond acceptors (Lipinski definition) is 7. The molecule has 8 nitrogen and oxygen atoms in total. The number of carbonyl (C=O) groups excluding carboxylic acids is 2. The van der Waals surface area contributed by atoms with Crippen LogP contribution in [0.2, 0.25) is 0 Å². The Hall–Kier alpha value is -2.68. The molecule has 0 saturated heterocycles. The van der Waals surface area contributed by atoms with Crippen molar-refractivity contribution in [2.75, 3.05) is 18.5 Å². The smallest absolute Gasteiger partial charge is 0.311 e. The summed E-state index contributed by atoms with van der Waals surface area (Å²) in [6.07, 6.45) is 1.56. The van der Waals surface area contributed by atoms with Crippen LogP contribution < -0.4 is 15.6 Å². The van der Waals surface area contributed by atoms with E-state index < -0.39 is 5.91 Å². The minimum absolute atomic E-state index is 0.0517. The Labute approximate surface area is 148 Å². The third-order valence-electron chi connectivity index (χ3n) is 3.03. The number of aromatic nitrogens is 2. The predicted molar refractivity (Wildman–Crippen MR) is 93.0 cm³/mol. The van der Waals surface area contributed by atoms with Crippen molar-refractivity contribution in [3.8, 4) is 5.75 Å². The largest absolute Gasteiger partial charge is 0.488 e. The van der Waals surface area contributed by atoms with Gasteiger partial charge in [-0.2, -0.15) is 0 Å². The fourth-order valence-electron chi connectivity index (χ4n) is 2.02. The van der Waals surface area contributed by atoms with E-state index in [4.69, 9.17) is 9.47 Å². The van der Waals surface area contributed by atoms with Gasteiger partial charge in [0.1, 0.15) is 6.54 Å². The lowest BCUT2D eigenvalue weighted by atomic mass is 10.3. The van der Waals surface area contributed by atoms with Crippen LogP contribution >= 0.6 is 11.3 Å². The van der Waals surface area contributed by atoms with Gasteiger partial charge in [-0.3, -0.25) is 14.4 Å². The van der Waals surface area contributed by atoms with E-state index in [1.807, 2.05) is 0 Å². The van der Waals surface area contributed by atoms with Gasteiger partial charge in [-0.1, -0.05) is 0 Å². The minimum atomic E-state index is -0.396. The summed E-state index contributed by atoms with van der Waals surface area (Å²) in [6, 6.07) is 3.20. The first-order valence-corrected chi connectivity index (χ1v) is 8.63. The Balaban J connectivity index is 1.97. The maximum absolute atomic E-state index is 12.1.